The highest BCUT2D eigenvalue weighted by atomic mass is 15.3. The first-order valence-corrected chi connectivity index (χ1v) is 7.31. The number of rotatable bonds is 2. The molecule has 0 bridgehead atoms. The molecule has 0 unspecified atom stereocenters. The lowest BCUT2D eigenvalue weighted by molar-refractivity contribution is 0.163. The van der Waals surface area contributed by atoms with Crippen LogP contribution >= 0.6 is 0 Å². The van der Waals surface area contributed by atoms with Crippen LogP contribution in [0.25, 0.3) is 0 Å². The van der Waals surface area contributed by atoms with Gasteiger partial charge in [0.05, 0.1) is 0 Å². The topological polar surface area (TPSA) is 3.24 Å². The summed E-state index contributed by atoms with van der Waals surface area (Å²) >= 11 is 0. The molecule has 0 atom stereocenters. The molecule has 2 saturated heterocycles. The average molecular weight is 219 g/mol. The standard InChI is InChI=1S/C15H25N/c1-12(2)7-15-8-13(3-4-13)10-16(15)11-14(9-15)5-6-14/h12H,3-11H2,1-2H3. The van der Waals surface area contributed by atoms with Gasteiger partial charge in [-0.15, -0.1) is 0 Å². The van der Waals surface area contributed by atoms with Crippen LogP contribution in [0.15, 0.2) is 0 Å². The van der Waals surface area contributed by atoms with Crippen LogP contribution in [0.1, 0.15) is 58.8 Å². The first-order chi connectivity index (χ1) is 7.56. The molecule has 0 amide bonds. The molecule has 2 aliphatic carbocycles. The molecule has 90 valence electrons. The average Bonchev–Trinajstić information content (AvgIpc) is 2.99. The van der Waals surface area contributed by atoms with Crippen molar-refractivity contribution < 1.29 is 0 Å². The van der Waals surface area contributed by atoms with Crippen molar-refractivity contribution in [2.45, 2.75) is 64.3 Å². The molecule has 4 aliphatic rings. The fourth-order valence-corrected chi connectivity index (χ4v) is 5.05. The second-order valence-electron chi connectivity index (χ2n) is 8.03. The third-order valence-corrected chi connectivity index (χ3v) is 5.83. The molecule has 2 heterocycles. The highest BCUT2D eigenvalue weighted by Crippen LogP contribution is 2.68. The van der Waals surface area contributed by atoms with Crippen molar-refractivity contribution in [3.05, 3.63) is 0 Å². The van der Waals surface area contributed by atoms with Crippen molar-refractivity contribution in [3.8, 4) is 0 Å². The Balaban J connectivity index is 1.63. The Bertz CT molecular complexity index is 298. The largest absolute Gasteiger partial charge is 0.297 e. The van der Waals surface area contributed by atoms with Gasteiger partial charge in [-0.3, -0.25) is 4.90 Å². The van der Waals surface area contributed by atoms with Crippen LogP contribution in [-0.4, -0.2) is 23.5 Å². The quantitative estimate of drug-likeness (QED) is 0.687. The van der Waals surface area contributed by atoms with Crippen molar-refractivity contribution in [2.75, 3.05) is 13.1 Å². The molecular formula is C15H25N. The van der Waals surface area contributed by atoms with Crippen LogP contribution in [0.4, 0.5) is 0 Å². The Hall–Kier alpha value is -0.0400. The third-order valence-electron chi connectivity index (χ3n) is 5.83. The summed E-state index contributed by atoms with van der Waals surface area (Å²) in [5, 5.41) is 0. The minimum absolute atomic E-state index is 0.654. The number of nitrogens with zero attached hydrogens (tertiary/aromatic N) is 1. The Morgan fingerprint density at radius 2 is 1.44 bits per heavy atom. The van der Waals surface area contributed by atoms with Crippen LogP contribution in [0, 0.1) is 16.7 Å². The molecule has 16 heavy (non-hydrogen) atoms. The Morgan fingerprint density at radius 1 is 0.938 bits per heavy atom. The summed E-state index contributed by atoms with van der Waals surface area (Å²) in [4.78, 5) is 2.94. The van der Waals surface area contributed by atoms with Crippen molar-refractivity contribution in [1.82, 2.24) is 4.90 Å². The van der Waals surface area contributed by atoms with Crippen LogP contribution in [0.5, 0.6) is 0 Å². The molecule has 0 aromatic rings. The van der Waals surface area contributed by atoms with E-state index in [9.17, 15) is 0 Å². The summed E-state index contributed by atoms with van der Waals surface area (Å²) in [7, 11) is 0. The molecule has 4 rings (SSSR count). The molecule has 1 nitrogen and oxygen atoms in total. The van der Waals surface area contributed by atoms with Crippen molar-refractivity contribution in [3.63, 3.8) is 0 Å². The van der Waals surface area contributed by atoms with E-state index in [4.69, 9.17) is 0 Å². The molecule has 0 N–H and O–H groups in total. The summed E-state index contributed by atoms with van der Waals surface area (Å²) in [6.07, 6.45) is 10.7. The first kappa shape index (κ1) is 9.94. The lowest BCUT2D eigenvalue weighted by Gasteiger charge is -2.33. The maximum Gasteiger partial charge on any atom is 0.0224 e. The minimum Gasteiger partial charge on any atom is -0.297 e. The van der Waals surface area contributed by atoms with E-state index in [0.717, 1.165) is 16.7 Å². The van der Waals surface area contributed by atoms with Gasteiger partial charge in [0.2, 0.25) is 0 Å². The Kier molecular flexibility index (Phi) is 1.67. The van der Waals surface area contributed by atoms with Gasteiger partial charge < -0.3 is 0 Å². The fourth-order valence-electron chi connectivity index (χ4n) is 5.05. The van der Waals surface area contributed by atoms with E-state index in [1.165, 1.54) is 45.2 Å². The maximum absolute atomic E-state index is 2.94. The lowest BCUT2D eigenvalue weighted by Crippen LogP contribution is -2.39. The van der Waals surface area contributed by atoms with E-state index in [1.807, 2.05) is 0 Å². The first-order valence-electron chi connectivity index (χ1n) is 7.31. The Morgan fingerprint density at radius 3 is 1.81 bits per heavy atom. The van der Waals surface area contributed by atoms with E-state index in [-0.39, 0.29) is 0 Å². The molecule has 4 fully saturated rings. The summed E-state index contributed by atoms with van der Waals surface area (Å²) in [6, 6.07) is 0. The van der Waals surface area contributed by atoms with E-state index in [0.29, 0.717) is 5.54 Å². The van der Waals surface area contributed by atoms with Gasteiger partial charge >= 0.3 is 0 Å². The minimum atomic E-state index is 0.654. The van der Waals surface area contributed by atoms with Crippen LogP contribution < -0.4 is 0 Å². The third kappa shape index (κ3) is 1.27. The molecule has 1 heteroatoms. The lowest BCUT2D eigenvalue weighted by atomic mass is 9.79. The number of fused-ring (bicyclic) bond motifs is 1. The molecule has 2 aliphatic heterocycles. The summed E-state index contributed by atoms with van der Waals surface area (Å²) in [5.41, 5.74) is 2.28. The van der Waals surface area contributed by atoms with E-state index >= 15 is 0 Å². The zero-order valence-corrected chi connectivity index (χ0v) is 10.9. The SMILES string of the molecule is CC(C)CC12CC3(CC3)CN1CC1(CC1)C2. The monoisotopic (exact) mass is 219 g/mol. The molecule has 0 radical (unpaired) electrons. The second kappa shape index (κ2) is 2.68. The second-order valence-corrected chi connectivity index (χ2v) is 8.03. The zero-order chi connectivity index (χ0) is 11.0. The van der Waals surface area contributed by atoms with Gasteiger partial charge in [-0.25, -0.2) is 0 Å². The highest BCUT2D eigenvalue weighted by molar-refractivity contribution is 5.20. The van der Waals surface area contributed by atoms with Gasteiger partial charge in [0.25, 0.3) is 0 Å². The van der Waals surface area contributed by atoms with Gasteiger partial charge in [-0.05, 0) is 61.7 Å². The summed E-state index contributed by atoms with van der Waals surface area (Å²) in [5.74, 6) is 0.880. The van der Waals surface area contributed by atoms with Crippen LogP contribution in [0.3, 0.4) is 0 Å². The number of hydrogen-bond donors (Lipinski definition) is 0. The molecule has 0 aromatic heterocycles. The molecular weight excluding hydrogens is 194 g/mol. The molecule has 2 saturated carbocycles. The molecule has 0 aromatic carbocycles. The fraction of sp³-hybridized carbons (Fsp3) is 1.00. The van der Waals surface area contributed by atoms with E-state index in [1.54, 1.807) is 12.8 Å². The Labute approximate surface area is 99.6 Å². The van der Waals surface area contributed by atoms with Crippen LogP contribution in [-0.2, 0) is 0 Å². The normalized spacial score (nSPS) is 36.2. The van der Waals surface area contributed by atoms with E-state index in [2.05, 4.69) is 18.7 Å². The number of hydrogen-bond acceptors (Lipinski definition) is 1. The van der Waals surface area contributed by atoms with Gasteiger partial charge in [0.15, 0.2) is 0 Å². The predicted octanol–water partition coefficient (Wildman–Crippen LogP) is 3.44. The summed E-state index contributed by atoms with van der Waals surface area (Å²) in [6.45, 7) is 7.76. The smallest absolute Gasteiger partial charge is 0.0224 e. The van der Waals surface area contributed by atoms with Gasteiger partial charge in [-0.1, -0.05) is 13.8 Å². The van der Waals surface area contributed by atoms with Crippen molar-refractivity contribution in [2.24, 2.45) is 16.7 Å². The van der Waals surface area contributed by atoms with Gasteiger partial charge in [0, 0.05) is 18.6 Å². The predicted molar refractivity (Wildman–Crippen MR) is 66.3 cm³/mol. The van der Waals surface area contributed by atoms with Crippen LogP contribution in [0.2, 0.25) is 0 Å². The van der Waals surface area contributed by atoms with Crippen molar-refractivity contribution in [1.29, 1.82) is 0 Å². The van der Waals surface area contributed by atoms with Crippen molar-refractivity contribution >= 4 is 0 Å². The van der Waals surface area contributed by atoms with Gasteiger partial charge in [-0.2, -0.15) is 0 Å². The summed E-state index contributed by atoms with van der Waals surface area (Å²) < 4.78 is 0. The maximum atomic E-state index is 2.94. The van der Waals surface area contributed by atoms with E-state index < -0.39 is 0 Å². The highest BCUT2D eigenvalue weighted by Gasteiger charge is 2.66. The molecule has 2 spiro atoms. The zero-order valence-electron chi connectivity index (χ0n) is 10.9. The van der Waals surface area contributed by atoms with Gasteiger partial charge in [0.1, 0.15) is 0 Å².